The second-order valence-electron chi connectivity index (χ2n) is 3.52. The number of aldehydes is 1. The van der Waals surface area contributed by atoms with Crippen molar-refractivity contribution >= 4 is 6.29 Å². The molecule has 0 heterocycles. The molecule has 0 aromatic heterocycles. The Labute approximate surface area is 98.3 Å². The molecule has 0 spiro atoms. The number of aliphatic hydroxyl groups excluding tert-OH is 1. The molecule has 0 fully saturated rings. The standard InChI is InChI=1S/C9H18O8/c1-7(12,15-2)9(14,17-4)8(13,16-3)6(11)5-10/h5-6,11-14H,1-4H3/t6-,7+,8+,9+/m1/s1. The lowest BCUT2D eigenvalue weighted by molar-refractivity contribution is -0.470. The van der Waals surface area contributed by atoms with Gasteiger partial charge in [-0.25, -0.2) is 0 Å². The fourth-order valence-corrected chi connectivity index (χ4v) is 1.36. The summed E-state index contributed by atoms with van der Waals surface area (Å²) >= 11 is 0. The Bertz CT molecular complexity index is 268. The summed E-state index contributed by atoms with van der Waals surface area (Å²) in [5, 5.41) is 39.2. The van der Waals surface area contributed by atoms with E-state index >= 15 is 0 Å². The highest BCUT2D eigenvalue weighted by Gasteiger charge is 2.66. The van der Waals surface area contributed by atoms with Crippen LogP contribution in [0.15, 0.2) is 0 Å². The van der Waals surface area contributed by atoms with Crippen molar-refractivity contribution in [2.45, 2.75) is 30.4 Å². The fraction of sp³-hybridized carbons (Fsp3) is 0.889. The normalized spacial score (nSPS) is 24.2. The van der Waals surface area contributed by atoms with Gasteiger partial charge in [-0.1, -0.05) is 0 Å². The third kappa shape index (κ3) is 2.33. The van der Waals surface area contributed by atoms with Gasteiger partial charge in [0.05, 0.1) is 0 Å². The lowest BCUT2D eigenvalue weighted by Crippen LogP contribution is -2.73. The summed E-state index contributed by atoms with van der Waals surface area (Å²) in [4.78, 5) is 10.5. The van der Waals surface area contributed by atoms with E-state index in [1.807, 2.05) is 0 Å². The van der Waals surface area contributed by atoms with Crippen LogP contribution in [0.5, 0.6) is 0 Å². The molecule has 0 saturated carbocycles. The van der Waals surface area contributed by atoms with Crippen LogP contribution in [0.1, 0.15) is 6.92 Å². The van der Waals surface area contributed by atoms with E-state index in [0.29, 0.717) is 0 Å². The molecule has 0 aromatic rings. The van der Waals surface area contributed by atoms with Crippen LogP contribution in [0.2, 0.25) is 0 Å². The Morgan fingerprint density at radius 1 is 1.06 bits per heavy atom. The zero-order chi connectivity index (χ0) is 13.9. The minimum atomic E-state index is -2.91. The molecule has 0 aliphatic carbocycles. The van der Waals surface area contributed by atoms with E-state index in [1.54, 1.807) is 0 Å². The topological polar surface area (TPSA) is 126 Å². The molecule has 0 radical (unpaired) electrons. The van der Waals surface area contributed by atoms with Gasteiger partial charge in [0.1, 0.15) is 0 Å². The van der Waals surface area contributed by atoms with Gasteiger partial charge in [0, 0.05) is 21.3 Å². The van der Waals surface area contributed by atoms with Gasteiger partial charge in [-0.2, -0.15) is 0 Å². The number of aliphatic hydroxyl groups is 4. The van der Waals surface area contributed by atoms with Crippen molar-refractivity contribution in [3.63, 3.8) is 0 Å². The van der Waals surface area contributed by atoms with Crippen LogP contribution >= 0.6 is 0 Å². The van der Waals surface area contributed by atoms with E-state index in [0.717, 1.165) is 28.3 Å². The number of rotatable bonds is 7. The van der Waals surface area contributed by atoms with Crippen LogP contribution in [0, 0.1) is 0 Å². The average Bonchev–Trinajstić information content (AvgIpc) is 2.34. The molecule has 0 aliphatic rings. The van der Waals surface area contributed by atoms with Crippen molar-refractivity contribution in [1.29, 1.82) is 0 Å². The molecular weight excluding hydrogens is 236 g/mol. The zero-order valence-electron chi connectivity index (χ0n) is 10.1. The van der Waals surface area contributed by atoms with Crippen molar-refractivity contribution in [1.82, 2.24) is 0 Å². The zero-order valence-corrected chi connectivity index (χ0v) is 10.1. The van der Waals surface area contributed by atoms with Gasteiger partial charge >= 0.3 is 0 Å². The Hall–Kier alpha value is -0.610. The van der Waals surface area contributed by atoms with Gasteiger partial charge in [-0.3, -0.25) is 0 Å². The smallest absolute Gasteiger partial charge is 0.279 e. The lowest BCUT2D eigenvalue weighted by Gasteiger charge is -2.47. The van der Waals surface area contributed by atoms with Crippen molar-refractivity contribution in [2.24, 2.45) is 0 Å². The monoisotopic (exact) mass is 254 g/mol. The van der Waals surface area contributed by atoms with Crippen LogP contribution < -0.4 is 0 Å². The number of carbonyl (C=O) groups excluding carboxylic acids is 1. The molecule has 0 unspecified atom stereocenters. The largest absolute Gasteiger partial charge is 0.380 e. The molecule has 0 aliphatic heterocycles. The predicted molar refractivity (Wildman–Crippen MR) is 53.6 cm³/mol. The van der Waals surface area contributed by atoms with Gasteiger partial charge in [0.2, 0.25) is 5.79 Å². The van der Waals surface area contributed by atoms with Crippen LogP contribution in [0.3, 0.4) is 0 Å². The molecule has 8 nitrogen and oxygen atoms in total. The second kappa shape index (κ2) is 5.36. The third-order valence-corrected chi connectivity index (χ3v) is 2.65. The summed E-state index contributed by atoms with van der Waals surface area (Å²) in [5.41, 5.74) is 0. The molecule has 0 aromatic carbocycles. The Morgan fingerprint density at radius 2 is 1.53 bits per heavy atom. The van der Waals surface area contributed by atoms with Gasteiger partial charge < -0.3 is 39.4 Å². The minimum absolute atomic E-state index is 0.0841. The van der Waals surface area contributed by atoms with E-state index in [2.05, 4.69) is 14.2 Å². The molecule has 102 valence electrons. The molecule has 4 atom stereocenters. The van der Waals surface area contributed by atoms with Crippen LogP contribution in [0.25, 0.3) is 0 Å². The minimum Gasteiger partial charge on any atom is -0.380 e. The third-order valence-electron chi connectivity index (χ3n) is 2.65. The van der Waals surface area contributed by atoms with Gasteiger partial charge in [-0.15, -0.1) is 0 Å². The van der Waals surface area contributed by atoms with E-state index in [9.17, 15) is 25.2 Å². The Morgan fingerprint density at radius 3 is 1.76 bits per heavy atom. The van der Waals surface area contributed by atoms with E-state index in [-0.39, 0.29) is 6.29 Å². The lowest BCUT2D eigenvalue weighted by atomic mass is 9.92. The van der Waals surface area contributed by atoms with E-state index in [1.165, 1.54) is 0 Å². The molecule has 4 N–H and O–H groups in total. The van der Waals surface area contributed by atoms with Crippen molar-refractivity contribution in [3.8, 4) is 0 Å². The fourth-order valence-electron chi connectivity index (χ4n) is 1.36. The van der Waals surface area contributed by atoms with Crippen molar-refractivity contribution < 1.29 is 39.4 Å². The average molecular weight is 254 g/mol. The predicted octanol–water partition coefficient (Wildman–Crippen LogP) is -2.43. The molecular formula is C9H18O8. The molecule has 0 bridgehead atoms. The van der Waals surface area contributed by atoms with Gasteiger partial charge in [0.25, 0.3) is 11.6 Å². The summed E-state index contributed by atoms with van der Waals surface area (Å²) in [7, 11) is 2.85. The first-order chi connectivity index (χ1) is 7.66. The first kappa shape index (κ1) is 16.4. The number of carbonyl (C=O) groups is 1. The highest BCUT2D eigenvalue weighted by molar-refractivity contribution is 5.58. The highest BCUT2D eigenvalue weighted by atomic mass is 16.8. The van der Waals surface area contributed by atoms with Gasteiger partial charge in [-0.05, 0) is 6.92 Å². The summed E-state index contributed by atoms with van der Waals surface area (Å²) in [6.07, 6.45) is -2.25. The van der Waals surface area contributed by atoms with Gasteiger partial charge in [0.15, 0.2) is 12.4 Å². The van der Waals surface area contributed by atoms with Crippen LogP contribution in [-0.2, 0) is 19.0 Å². The van der Waals surface area contributed by atoms with E-state index in [4.69, 9.17) is 0 Å². The number of ether oxygens (including phenoxy) is 3. The maximum Gasteiger partial charge on any atom is 0.279 e. The van der Waals surface area contributed by atoms with E-state index < -0.39 is 23.5 Å². The number of hydrogen-bond acceptors (Lipinski definition) is 8. The maximum absolute atomic E-state index is 10.5. The SMILES string of the molecule is CO[C@@](O)([C@@](C)(O)OC)[C@@](O)(OC)[C@H](O)C=O. The number of hydrogen-bond donors (Lipinski definition) is 4. The maximum atomic E-state index is 10.5. The number of methoxy groups -OCH3 is 3. The molecule has 8 heteroatoms. The first-order valence-corrected chi connectivity index (χ1v) is 4.62. The van der Waals surface area contributed by atoms with Crippen molar-refractivity contribution in [2.75, 3.05) is 21.3 Å². The first-order valence-electron chi connectivity index (χ1n) is 4.62. The Balaban J connectivity index is 5.68. The second-order valence-corrected chi connectivity index (χ2v) is 3.52. The summed E-state index contributed by atoms with van der Waals surface area (Å²) < 4.78 is 13.6. The van der Waals surface area contributed by atoms with Crippen LogP contribution in [-0.4, -0.2) is 71.5 Å². The molecule has 0 rings (SSSR count). The quantitative estimate of drug-likeness (QED) is 0.292. The molecule has 0 amide bonds. The summed E-state index contributed by atoms with van der Waals surface area (Å²) in [6, 6.07) is 0. The highest BCUT2D eigenvalue weighted by Crippen LogP contribution is 2.37. The summed E-state index contributed by atoms with van der Waals surface area (Å²) in [5.74, 6) is -8.26. The Kier molecular flexibility index (Phi) is 5.16. The molecule has 17 heavy (non-hydrogen) atoms. The summed E-state index contributed by atoms with van der Waals surface area (Å²) in [6.45, 7) is 0.956. The molecule has 0 saturated heterocycles. The van der Waals surface area contributed by atoms with Crippen LogP contribution in [0.4, 0.5) is 0 Å². The van der Waals surface area contributed by atoms with Crippen molar-refractivity contribution in [3.05, 3.63) is 0 Å².